The van der Waals surface area contributed by atoms with Crippen molar-refractivity contribution < 1.29 is 9.53 Å². The van der Waals surface area contributed by atoms with E-state index < -0.39 is 0 Å². The molecule has 1 aromatic carbocycles. The second kappa shape index (κ2) is 5.27. The zero-order valence-electron chi connectivity index (χ0n) is 9.43. The molecule has 0 atom stereocenters. The monoisotopic (exact) mass is 231 g/mol. The molecule has 2 rings (SSSR count). The van der Waals surface area contributed by atoms with Crippen LogP contribution in [0.15, 0.2) is 36.7 Å². The van der Waals surface area contributed by atoms with Crippen LogP contribution >= 0.6 is 0 Å². The number of imidazole rings is 1. The fourth-order valence-electron chi connectivity index (χ4n) is 1.43. The van der Waals surface area contributed by atoms with Crippen molar-refractivity contribution in [2.24, 2.45) is 0 Å². The Bertz CT molecular complexity index is 477. The molecular weight excluding hydrogens is 218 g/mol. The van der Waals surface area contributed by atoms with Gasteiger partial charge in [0.15, 0.2) is 0 Å². The number of carbonyl (C=O) groups is 1. The number of rotatable bonds is 4. The summed E-state index contributed by atoms with van der Waals surface area (Å²) in [6.07, 6.45) is 3.23. The molecule has 0 radical (unpaired) electrons. The van der Waals surface area contributed by atoms with Gasteiger partial charge >= 0.3 is 0 Å². The van der Waals surface area contributed by atoms with Crippen LogP contribution in [0.2, 0.25) is 0 Å². The molecule has 2 aromatic rings. The highest BCUT2D eigenvalue weighted by atomic mass is 16.5. The Morgan fingerprint density at radius 2 is 2.18 bits per heavy atom. The number of aromatic nitrogens is 2. The van der Waals surface area contributed by atoms with Gasteiger partial charge in [0.1, 0.15) is 0 Å². The van der Waals surface area contributed by atoms with Crippen molar-refractivity contribution in [3.63, 3.8) is 0 Å². The van der Waals surface area contributed by atoms with Gasteiger partial charge in [-0.15, -0.1) is 0 Å². The number of hydrogen-bond donors (Lipinski definition) is 2. The van der Waals surface area contributed by atoms with E-state index in [1.165, 1.54) is 0 Å². The zero-order valence-corrected chi connectivity index (χ0v) is 9.43. The highest BCUT2D eigenvalue weighted by Gasteiger charge is 2.06. The van der Waals surface area contributed by atoms with E-state index in [-0.39, 0.29) is 5.91 Å². The van der Waals surface area contributed by atoms with E-state index in [1.807, 2.05) is 12.1 Å². The molecule has 0 saturated carbocycles. The summed E-state index contributed by atoms with van der Waals surface area (Å²) in [5.74, 6) is 0.250. The lowest BCUT2D eigenvalue weighted by atomic mass is 10.1. The van der Waals surface area contributed by atoms with E-state index in [9.17, 15) is 4.79 Å². The molecule has 0 saturated heterocycles. The van der Waals surface area contributed by atoms with Crippen molar-refractivity contribution in [3.8, 4) is 0 Å². The van der Waals surface area contributed by atoms with Crippen molar-refractivity contribution >= 4 is 11.9 Å². The minimum Gasteiger partial charge on any atom is -0.380 e. The van der Waals surface area contributed by atoms with Gasteiger partial charge < -0.3 is 9.72 Å². The molecule has 17 heavy (non-hydrogen) atoms. The molecule has 1 amide bonds. The van der Waals surface area contributed by atoms with Crippen LogP contribution in [0, 0.1) is 0 Å². The summed E-state index contributed by atoms with van der Waals surface area (Å²) in [4.78, 5) is 18.5. The first-order valence-electron chi connectivity index (χ1n) is 5.18. The van der Waals surface area contributed by atoms with E-state index in [1.54, 1.807) is 31.6 Å². The number of nitrogens with zero attached hydrogens (tertiary/aromatic N) is 1. The standard InChI is InChI=1S/C12H13N3O2/c1-17-8-9-2-4-10(5-3-9)11(16)15-12-13-6-7-14-12/h2-7H,8H2,1H3,(H2,13,14,15,16). The van der Waals surface area contributed by atoms with Crippen molar-refractivity contribution in [1.29, 1.82) is 0 Å². The lowest BCUT2D eigenvalue weighted by Crippen LogP contribution is -2.12. The van der Waals surface area contributed by atoms with Gasteiger partial charge in [0, 0.05) is 25.1 Å². The van der Waals surface area contributed by atoms with Crippen molar-refractivity contribution in [3.05, 3.63) is 47.8 Å². The number of H-pyrrole nitrogens is 1. The topological polar surface area (TPSA) is 67.0 Å². The summed E-state index contributed by atoms with van der Waals surface area (Å²) in [7, 11) is 1.64. The van der Waals surface area contributed by atoms with E-state index in [2.05, 4.69) is 15.3 Å². The largest absolute Gasteiger partial charge is 0.380 e. The molecule has 0 aliphatic heterocycles. The van der Waals surface area contributed by atoms with Gasteiger partial charge in [-0.3, -0.25) is 10.1 Å². The molecule has 5 heteroatoms. The third-order valence-corrected chi connectivity index (χ3v) is 2.26. The Morgan fingerprint density at radius 1 is 1.41 bits per heavy atom. The van der Waals surface area contributed by atoms with Crippen LogP contribution in [0.1, 0.15) is 15.9 Å². The average Bonchev–Trinajstić information content (AvgIpc) is 2.83. The summed E-state index contributed by atoms with van der Waals surface area (Å²) in [6.45, 7) is 0.542. The molecule has 1 aromatic heterocycles. The van der Waals surface area contributed by atoms with E-state index in [0.29, 0.717) is 18.1 Å². The number of hydrogen-bond acceptors (Lipinski definition) is 3. The minimum absolute atomic E-state index is 0.191. The van der Waals surface area contributed by atoms with Gasteiger partial charge in [0.2, 0.25) is 5.95 Å². The second-order valence-electron chi connectivity index (χ2n) is 3.52. The summed E-state index contributed by atoms with van der Waals surface area (Å²) in [6, 6.07) is 7.24. The van der Waals surface area contributed by atoms with Gasteiger partial charge in [-0.05, 0) is 17.7 Å². The maximum Gasteiger partial charge on any atom is 0.257 e. The maximum absolute atomic E-state index is 11.8. The molecule has 88 valence electrons. The number of aromatic amines is 1. The molecule has 2 N–H and O–H groups in total. The molecule has 0 unspecified atom stereocenters. The first kappa shape index (κ1) is 11.3. The molecule has 5 nitrogen and oxygen atoms in total. The summed E-state index contributed by atoms with van der Waals surface area (Å²) >= 11 is 0. The Labute approximate surface area is 98.8 Å². The van der Waals surface area contributed by atoms with Crippen LogP contribution in [0.5, 0.6) is 0 Å². The van der Waals surface area contributed by atoms with Gasteiger partial charge in [-0.2, -0.15) is 0 Å². The summed E-state index contributed by atoms with van der Waals surface area (Å²) in [5.41, 5.74) is 1.61. The molecule has 0 bridgehead atoms. The van der Waals surface area contributed by atoms with Crippen molar-refractivity contribution in [2.45, 2.75) is 6.61 Å². The lowest BCUT2D eigenvalue weighted by Gasteiger charge is -2.03. The second-order valence-corrected chi connectivity index (χ2v) is 3.52. The quantitative estimate of drug-likeness (QED) is 0.843. The zero-order chi connectivity index (χ0) is 12.1. The Kier molecular flexibility index (Phi) is 3.52. The Morgan fingerprint density at radius 3 is 2.76 bits per heavy atom. The summed E-state index contributed by atoms with van der Waals surface area (Å²) in [5, 5.41) is 2.65. The van der Waals surface area contributed by atoms with E-state index in [0.717, 1.165) is 5.56 Å². The fourth-order valence-corrected chi connectivity index (χ4v) is 1.43. The third kappa shape index (κ3) is 2.92. The number of carbonyl (C=O) groups excluding carboxylic acids is 1. The fraction of sp³-hybridized carbons (Fsp3) is 0.167. The number of anilines is 1. The highest BCUT2D eigenvalue weighted by Crippen LogP contribution is 2.07. The van der Waals surface area contributed by atoms with Gasteiger partial charge in [0.25, 0.3) is 5.91 Å². The van der Waals surface area contributed by atoms with Crippen LogP contribution in [0.25, 0.3) is 0 Å². The average molecular weight is 231 g/mol. The van der Waals surface area contributed by atoms with Crippen LogP contribution in [0.3, 0.4) is 0 Å². The van der Waals surface area contributed by atoms with E-state index >= 15 is 0 Å². The van der Waals surface area contributed by atoms with Crippen LogP contribution in [-0.2, 0) is 11.3 Å². The molecule has 1 heterocycles. The number of benzene rings is 1. The van der Waals surface area contributed by atoms with Gasteiger partial charge in [-0.1, -0.05) is 12.1 Å². The van der Waals surface area contributed by atoms with Crippen LogP contribution in [-0.4, -0.2) is 23.0 Å². The van der Waals surface area contributed by atoms with Crippen LogP contribution < -0.4 is 5.32 Å². The van der Waals surface area contributed by atoms with E-state index in [4.69, 9.17) is 4.74 Å². The first-order valence-corrected chi connectivity index (χ1v) is 5.18. The normalized spacial score (nSPS) is 10.2. The predicted molar refractivity (Wildman–Crippen MR) is 63.7 cm³/mol. The summed E-state index contributed by atoms with van der Waals surface area (Å²) < 4.78 is 5.00. The smallest absolute Gasteiger partial charge is 0.257 e. The molecule has 0 aliphatic carbocycles. The first-order chi connectivity index (χ1) is 8.29. The van der Waals surface area contributed by atoms with Gasteiger partial charge in [0.05, 0.1) is 6.61 Å². The maximum atomic E-state index is 11.8. The number of methoxy groups -OCH3 is 1. The molecular formula is C12H13N3O2. The third-order valence-electron chi connectivity index (χ3n) is 2.26. The van der Waals surface area contributed by atoms with Gasteiger partial charge in [-0.25, -0.2) is 4.98 Å². The number of amides is 1. The Hall–Kier alpha value is -2.14. The predicted octanol–water partition coefficient (Wildman–Crippen LogP) is 1.81. The SMILES string of the molecule is COCc1ccc(C(=O)Nc2ncc[nH]2)cc1. The highest BCUT2D eigenvalue weighted by molar-refractivity contribution is 6.03. The minimum atomic E-state index is -0.191. The number of ether oxygens (including phenoxy) is 1. The molecule has 0 spiro atoms. The molecule has 0 fully saturated rings. The van der Waals surface area contributed by atoms with Crippen molar-refractivity contribution in [2.75, 3.05) is 12.4 Å². The lowest BCUT2D eigenvalue weighted by molar-refractivity contribution is 0.102. The van der Waals surface area contributed by atoms with Crippen molar-refractivity contribution in [1.82, 2.24) is 9.97 Å². The number of nitrogens with one attached hydrogen (secondary N) is 2. The Balaban J connectivity index is 2.04. The van der Waals surface area contributed by atoms with Crippen LogP contribution in [0.4, 0.5) is 5.95 Å². The molecule has 0 aliphatic rings.